The molecular formula is C15H20BrClN2O4. The number of ether oxygens (including phenoxy) is 2. The van der Waals surface area contributed by atoms with Gasteiger partial charge in [-0.05, 0) is 31.5 Å². The van der Waals surface area contributed by atoms with Crippen LogP contribution in [-0.4, -0.2) is 38.3 Å². The zero-order valence-electron chi connectivity index (χ0n) is 12.9. The summed E-state index contributed by atoms with van der Waals surface area (Å²) in [5.74, 6) is 0.279. The molecular weight excluding hydrogens is 388 g/mol. The number of urea groups is 1. The maximum atomic E-state index is 11.5. The minimum atomic E-state index is -0.326. The largest absolute Gasteiger partial charge is 0.492 e. The first-order valence-electron chi connectivity index (χ1n) is 7.28. The van der Waals surface area contributed by atoms with Gasteiger partial charge in [-0.25, -0.2) is 4.79 Å². The van der Waals surface area contributed by atoms with Gasteiger partial charge in [0.15, 0.2) is 0 Å². The summed E-state index contributed by atoms with van der Waals surface area (Å²) in [6.07, 6.45) is 0.796. The van der Waals surface area contributed by atoms with Crippen LogP contribution in [0.25, 0.3) is 0 Å². The number of rotatable bonds is 9. The lowest BCUT2D eigenvalue weighted by atomic mass is 10.3. The number of esters is 1. The quantitative estimate of drug-likeness (QED) is 0.487. The molecule has 0 saturated carbocycles. The molecule has 8 heteroatoms. The molecule has 0 radical (unpaired) electrons. The molecule has 0 aromatic heterocycles. The molecule has 1 rings (SSSR count). The van der Waals surface area contributed by atoms with Crippen molar-refractivity contribution >= 4 is 39.5 Å². The zero-order valence-corrected chi connectivity index (χ0v) is 15.2. The van der Waals surface area contributed by atoms with E-state index in [-0.39, 0.29) is 25.0 Å². The maximum absolute atomic E-state index is 11.5. The number of carbonyl (C=O) groups excluding carboxylic acids is 2. The molecule has 0 aliphatic heterocycles. The van der Waals surface area contributed by atoms with E-state index in [0.717, 1.165) is 4.47 Å². The van der Waals surface area contributed by atoms with E-state index in [2.05, 4.69) is 26.6 Å². The topological polar surface area (TPSA) is 76.7 Å². The van der Waals surface area contributed by atoms with Crippen molar-refractivity contribution in [2.24, 2.45) is 0 Å². The van der Waals surface area contributed by atoms with Crippen LogP contribution >= 0.6 is 27.5 Å². The highest BCUT2D eigenvalue weighted by Gasteiger charge is 2.04. The molecule has 0 atom stereocenters. The van der Waals surface area contributed by atoms with Crippen LogP contribution in [0.1, 0.15) is 19.8 Å². The fraction of sp³-hybridized carbons (Fsp3) is 0.467. The van der Waals surface area contributed by atoms with Crippen LogP contribution in [0.15, 0.2) is 22.7 Å². The van der Waals surface area contributed by atoms with Gasteiger partial charge in [0.2, 0.25) is 0 Å². The third kappa shape index (κ3) is 8.66. The zero-order chi connectivity index (χ0) is 17.1. The molecule has 0 bridgehead atoms. The fourth-order valence-corrected chi connectivity index (χ4v) is 2.35. The average Bonchev–Trinajstić information content (AvgIpc) is 2.49. The molecule has 0 spiro atoms. The average molecular weight is 408 g/mol. The number of amides is 2. The molecule has 128 valence electrons. The van der Waals surface area contributed by atoms with Crippen molar-refractivity contribution in [2.45, 2.75) is 19.8 Å². The summed E-state index contributed by atoms with van der Waals surface area (Å²) in [5.41, 5.74) is 0. The van der Waals surface area contributed by atoms with Crippen molar-refractivity contribution in [1.82, 2.24) is 10.6 Å². The summed E-state index contributed by atoms with van der Waals surface area (Å²) >= 11 is 9.35. The van der Waals surface area contributed by atoms with Gasteiger partial charge in [-0.2, -0.15) is 0 Å². The predicted octanol–water partition coefficient (Wildman–Crippen LogP) is 3.12. The smallest absolute Gasteiger partial charge is 0.314 e. The van der Waals surface area contributed by atoms with Gasteiger partial charge < -0.3 is 20.1 Å². The lowest BCUT2D eigenvalue weighted by molar-refractivity contribution is -0.142. The van der Waals surface area contributed by atoms with Crippen molar-refractivity contribution in [1.29, 1.82) is 0 Å². The van der Waals surface area contributed by atoms with Gasteiger partial charge >= 0.3 is 12.0 Å². The first-order valence-corrected chi connectivity index (χ1v) is 8.45. The summed E-state index contributed by atoms with van der Waals surface area (Å²) in [4.78, 5) is 22.5. The Morgan fingerprint density at radius 3 is 2.70 bits per heavy atom. The lowest BCUT2D eigenvalue weighted by Crippen LogP contribution is -2.37. The van der Waals surface area contributed by atoms with Crippen LogP contribution in [0.3, 0.4) is 0 Å². The van der Waals surface area contributed by atoms with E-state index in [1.807, 2.05) is 6.07 Å². The van der Waals surface area contributed by atoms with E-state index in [1.165, 1.54) is 0 Å². The highest BCUT2D eigenvalue weighted by atomic mass is 79.9. The minimum Gasteiger partial charge on any atom is -0.492 e. The van der Waals surface area contributed by atoms with Gasteiger partial charge in [-0.1, -0.05) is 27.5 Å². The Bertz CT molecular complexity index is 528. The monoisotopic (exact) mass is 406 g/mol. The molecule has 0 aliphatic carbocycles. The standard InChI is InChI=1S/C15H20BrClN2O4/c1-2-22-14(20)6-8-19-15(21)18-7-3-9-23-13-5-4-11(16)10-12(13)17/h4-5,10H,2-3,6-9H2,1H3,(H2,18,19,21). The minimum absolute atomic E-state index is 0.159. The summed E-state index contributed by atoms with van der Waals surface area (Å²) in [7, 11) is 0. The SMILES string of the molecule is CCOC(=O)CCNC(=O)NCCCOc1ccc(Br)cc1Cl. The van der Waals surface area contributed by atoms with Crippen molar-refractivity contribution in [3.05, 3.63) is 27.7 Å². The van der Waals surface area contributed by atoms with E-state index in [0.29, 0.717) is 37.0 Å². The van der Waals surface area contributed by atoms with Crippen molar-refractivity contribution < 1.29 is 19.1 Å². The van der Waals surface area contributed by atoms with E-state index in [9.17, 15) is 9.59 Å². The molecule has 1 aromatic carbocycles. The van der Waals surface area contributed by atoms with Gasteiger partial charge in [0.25, 0.3) is 0 Å². The van der Waals surface area contributed by atoms with Gasteiger partial charge in [0.1, 0.15) is 5.75 Å². The first-order chi connectivity index (χ1) is 11.0. The second kappa shape index (κ2) is 11.1. The van der Waals surface area contributed by atoms with E-state index >= 15 is 0 Å². The van der Waals surface area contributed by atoms with E-state index in [1.54, 1.807) is 19.1 Å². The van der Waals surface area contributed by atoms with Gasteiger partial charge in [0.05, 0.1) is 24.7 Å². The number of benzene rings is 1. The maximum Gasteiger partial charge on any atom is 0.314 e. The van der Waals surface area contributed by atoms with Crippen LogP contribution in [0.4, 0.5) is 4.79 Å². The Kier molecular flexibility index (Phi) is 9.47. The molecule has 23 heavy (non-hydrogen) atoms. The number of carbonyl (C=O) groups is 2. The Morgan fingerprint density at radius 2 is 2.00 bits per heavy atom. The fourth-order valence-electron chi connectivity index (χ4n) is 1.62. The third-order valence-electron chi connectivity index (χ3n) is 2.68. The van der Waals surface area contributed by atoms with Crippen LogP contribution in [0.2, 0.25) is 5.02 Å². The van der Waals surface area contributed by atoms with Crippen LogP contribution < -0.4 is 15.4 Å². The molecule has 0 fully saturated rings. The Balaban J connectivity index is 2.08. The number of hydrogen-bond donors (Lipinski definition) is 2. The summed E-state index contributed by atoms with van der Waals surface area (Å²) in [6.45, 7) is 3.22. The van der Waals surface area contributed by atoms with Crippen molar-refractivity contribution in [2.75, 3.05) is 26.3 Å². The summed E-state index contributed by atoms with van der Waals surface area (Å²) < 4.78 is 11.2. The predicted molar refractivity (Wildman–Crippen MR) is 91.9 cm³/mol. The Morgan fingerprint density at radius 1 is 1.26 bits per heavy atom. The number of halogens is 2. The lowest BCUT2D eigenvalue weighted by Gasteiger charge is -2.09. The molecule has 6 nitrogen and oxygen atoms in total. The highest BCUT2D eigenvalue weighted by Crippen LogP contribution is 2.27. The van der Waals surface area contributed by atoms with Gasteiger partial charge in [-0.15, -0.1) is 0 Å². The van der Waals surface area contributed by atoms with Crippen LogP contribution in [-0.2, 0) is 9.53 Å². The van der Waals surface area contributed by atoms with Crippen LogP contribution in [0.5, 0.6) is 5.75 Å². The molecule has 0 heterocycles. The molecule has 2 amide bonds. The van der Waals surface area contributed by atoms with E-state index in [4.69, 9.17) is 21.1 Å². The van der Waals surface area contributed by atoms with Gasteiger partial charge in [-0.3, -0.25) is 4.79 Å². The third-order valence-corrected chi connectivity index (χ3v) is 3.47. The second-order valence-electron chi connectivity index (χ2n) is 4.51. The molecule has 2 N–H and O–H groups in total. The molecule has 0 unspecified atom stereocenters. The Labute approximate surface area is 149 Å². The first kappa shape index (κ1) is 19.6. The normalized spacial score (nSPS) is 10.0. The molecule has 0 saturated heterocycles. The highest BCUT2D eigenvalue weighted by molar-refractivity contribution is 9.10. The number of hydrogen-bond acceptors (Lipinski definition) is 4. The number of nitrogens with one attached hydrogen (secondary N) is 2. The van der Waals surface area contributed by atoms with Crippen molar-refractivity contribution in [3.8, 4) is 5.75 Å². The summed E-state index contributed by atoms with van der Waals surface area (Å²) in [5, 5.41) is 5.79. The second-order valence-corrected chi connectivity index (χ2v) is 5.84. The van der Waals surface area contributed by atoms with Crippen LogP contribution in [0, 0.1) is 0 Å². The summed E-state index contributed by atoms with van der Waals surface area (Å²) in [6, 6.07) is 5.06. The Hall–Kier alpha value is -1.47. The molecule has 1 aromatic rings. The van der Waals surface area contributed by atoms with Gasteiger partial charge in [0, 0.05) is 17.6 Å². The van der Waals surface area contributed by atoms with Crippen molar-refractivity contribution in [3.63, 3.8) is 0 Å². The molecule has 0 aliphatic rings. The van der Waals surface area contributed by atoms with E-state index < -0.39 is 0 Å².